The molecule has 0 aliphatic carbocycles. The molecule has 0 atom stereocenters. The zero-order chi connectivity index (χ0) is 19.6. The molecule has 5 amide bonds. The van der Waals surface area contributed by atoms with Crippen molar-refractivity contribution in [1.29, 1.82) is 0 Å². The molecule has 0 radical (unpaired) electrons. The van der Waals surface area contributed by atoms with Gasteiger partial charge in [0, 0.05) is 43.8 Å². The molecule has 0 saturated carbocycles. The van der Waals surface area contributed by atoms with Gasteiger partial charge in [0.05, 0.1) is 19.9 Å². The largest absolute Gasteiger partial charge is 0.364 e. The highest BCUT2D eigenvalue weighted by atomic mass is 16.5. The van der Waals surface area contributed by atoms with Crippen LogP contribution in [0.5, 0.6) is 0 Å². The Morgan fingerprint density at radius 3 is 2.00 bits per heavy atom. The van der Waals surface area contributed by atoms with Crippen molar-refractivity contribution in [2.75, 3.05) is 39.5 Å². The van der Waals surface area contributed by atoms with E-state index in [0.717, 1.165) is 9.80 Å². The number of carbonyl (C=O) groups is 5. The molecule has 0 aromatic heterocycles. The number of carbonyl (C=O) groups excluding carboxylic acids is 5. The van der Waals surface area contributed by atoms with Gasteiger partial charge in [0.1, 0.15) is 0 Å². The maximum atomic E-state index is 11.7. The number of imide groups is 2. The molecule has 2 aliphatic rings. The van der Waals surface area contributed by atoms with E-state index in [1.54, 1.807) is 0 Å². The summed E-state index contributed by atoms with van der Waals surface area (Å²) in [5.41, 5.74) is 0. The van der Waals surface area contributed by atoms with Crippen LogP contribution in [0.4, 0.5) is 0 Å². The highest BCUT2D eigenvalue weighted by Crippen LogP contribution is 2.04. The molecule has 10 heteroatoms. The van der Waals surface area contributed by atoms with E-state index in [-0.39, 0.29) is 50.6 Å². The number of ether oxygens (including phenoxy) is 1. The first-order valence-corrected chi connectivity index (χ1v) is 8.61. The summed E-state index contributed by atoms with van der Waals surface area (Å²) in [7, 11) is 0. The second kappa shape index (κ2) is 10.3. The lowest BCUT2D eigenvalue weighted by molar-refractivity contribution is -0.139. The summed E-state index contributed by atoms with van der Waals surface area (Å²) >= 11 is 0. The van der Waals surface area contributed by atoms with Crippen molar-refractivity contribution in [3.8, 4) is 0 Å². The Kier molecular flexibility index (Phi) is 7.83. The second-order valence-corrected chi connectivity index (χ2v) is 5.83. The molecule has 2 heterocycles. The van der Waals surface area contributed by atoms with Gasteiger partial charge < -0.3 is 10.1 Å². The van der Waals surface area contributed by atoms with E-state index >= 15 is 0 Å². The fraction of sp³-hybridized carbons (Fsp3) is 0.471. The van der Waals surface area contributed by atoms with E-state index in [4.69, 9.17) is 4.74 Å². The highest BCUT2D eigenvalue weighted by molar-refractivity contribution is 6.13. The smallest absolute Gasteiger partial charge is 0.253 e. The SMILES string of the molecule is O=C(CCN1C(=O)C=CC1=O)NCCCNCOCCN1C(=O)C=CC1=O. The lowest BCUT2D eigenvalue weighted by Gasteiger charge is -2.14. The van der Waals surface area contributed by atoms with Crippen LogP contribution < -0.4 is 10.6 Å². The van der Waals surface area contributed by atoms with E-state index in [1.807, 2.05) is 0 Å². The number of nitrogens with one attached hydrogen (secondary N) is 2. The molecule has 2 rings (SSSR count). The molecular weight excluding hydrogens is 356 g/mol. The second-order valence-electron chi connectivity index (χ2n) is 5.83. The van der Waals surface area contributed by atoms with E-state index in [9.17, 15) is 24.0 Å². The Hall–Kier alpha value is -2.85. The quantitative estimate of drug-likeness (QED) is 0.235. The van der Waals surface area contributed by atoms with Crippen molar-refractivity contribution in [3.63, 3.8) is 0 Å². The molecule has 2 N–H and O–H groups in total. The summed E-state index contributed by atoms with van der Waals surface area (Å²) in [6.45, 7) is 1.85. The molecule has 2 aliphatic heterocycles. The van der Waals surface area contributed by atoms with Crippen molar-refractivity contribution < 1.29 is 28.7 Å². The van der Waals surface area contributed by atoms with Crippen LogP contribution in [0.25, 0.3) is 0 Å². The van der Waals surface area contributed by atoms with E-state index < -0.39 is 11.8 Å². The Bertz CT molecular complexity index is 636. The number of nitrogens with zero attached hydrogens (tertiary/aromatic N) is 2. The monoisotopic (exact) mass is 378 g/mol. The van der Waals surface area contributed by atoms with Crippen LogP contribution in [0, 0.1) is 0 Å². The predicted octanol–water partition coefficient (Wildman–Crippen LogP) is -1.70. The van der Waals surface area contributed by atoms with E-state index in [2.05, 4.69) is 10.6 Å². The molecule has 10 nitrogen and oxygen atoms in total. The highest BCUT2D eigenvalue weighted by Gasteiger charge is 2.23. The fourth-order valence-electron chi connectivity index (χ4n) is 2.42. The summed E-state index contributed by atoms with van der Waals surface area (Å²) in [4.78, 5) is 59.1. The Morgan fingerprint density at radius 1 is 0.852 bits per heavy atom. The summed E-state index contributed by atoms with van der Waals surface area (Å²) in [6.07, 6.45) is 5.57. The Balaban J connectivity index is 1.40. The Labute approximate surface area is 156 Å². The third-order valence-corrected chi connectivity index (χ3v) is 3.88. The molecule has 0 aromatic rings. The van der Waals surface area contributed by atoms with Crippen molar-refractivity contribution in [3.05, 3.63) is 24.3 Å². The fourth-order valence-corrected chi connectivity index (χ4v) is 2.42. The summed E-state index contributed by atoms with van der Waals surface area (Å²) in [5.74, 6) is -1.69. The van der Waals surface area contributed by atoms with Crippen molar-refractivity contribution in [2.24, 2.45) is 0 Å². The first-order valence-electron chi connectivity index (χ1n) is 8.61. The number of hydrogen-bond donors (Lipinski definition) is 2. The van der Waals surface area contributed by atoms with Crippen LogP contribution in [0.1, 0.15) is 12.8 Å². The number of amides is 5. The Morgan fingerprint density at radius 2 is 1.41 bits per heavy atom. The average Bonchev–Trinajstić information content (AvgIpc) is 3.13. The zero-order valence-electron chi connectivity index (χ0n) is 14.8. The first kappa shape index (κ1) is 20.5. The number of hydrogen-bond acceptors (Lipinski definition) is 7. The molecule has 0 spiro atoms. The van der Waals surface area contributed by atoms with Gasteiger partial charge in [-0.15, -0.1) is 0 Å². The zero-order valence-corrected chi connectivity index (χ0v) is 14.8. The third-order valence-electron chi connectivity index (χ3n) is 3.88. The third kappa shape index (κ3) is 6.42. The van der Waals surface area contributed by atoms with Gasteiger partial charge in [-0.3, -0.25) is 39.1 Å². The summed E-state index contributed by atoms with van der Waals surface area (Å²) in [6, 6.07) is 0. The van der Waals surface area contributed by atoms with Crippen LogP contribution >= 0.6 is 0 Å². The maximum absolute atomic E-state index is 11.7. The van der Waals surface area contributed by atoms with Gasteiger partial charge in [-0.2, -0.15) is 0 Å². The van der Waals surface area contributed by atoms with Crippen LogP contribution in [0.2, 0.25) is 0 Å². The van der Waals surface area contributed by atoms with Crippen LogP contribution in [-0.4, -0.2) is 78.9 Å². The minimum atomic E-state index is -0.397. The minimum Gasteiger partial charge on any atom is -0.364 e. The van der Waals surface area contributed by atoms with Crippen LogP contribution in [0.15, 0.2) is 24.3 Å². The van der Waals surface area contributed by atoms with Gasteiger partial charge in [0.15, 0.2) is 0 Å². The van der Waals surface area contributed by atoms with E-state index in [1.165, 1.54) is 24.3 Å². The van der Waals surface area contributed by atoms with Gasteiger partial charge in [-0.1, -0.05) is 0 Å². The molecule has 0 fully saturated rings. The molecule has 27 heavy (non-hydrogen) atoms. The lowest BCUT2D eigenvalue weighted by Crippen LogP contribution is -2.35. The first-order chi connectivity index (χ1) is 13.0. The van der Waals surface area contributed by atoms with Gasteiger partial charge in [0.25, 0.3) is 23.6 Å². The van der Waals surface area contributed by atoms with Gasteiger partial charge in [-0.25, -0.2) is 0 Å². The van der Waals surface area contributed by atoms with Crippen molar-refractivity contribution in [2.45, 2.75) is 12.8 Å². The van der Waals surface area contributed by atoms with Crippen LogP contribution in [0.3, 0.4) is 0 Å². The average molecular weight is 378 g/mol. The van der Waals surface area contributed by atoms with E-state index in [0.29, 0.717) is 19.5 Å². The van der Waals surface area contributed by atoms with Gasteiger partial charge >= 0.3 is 0 Å². The lowest BCUT2D eigenvalue weighted by atomic mass is 10.3. The summed E-state index contributed by atoms with van der Waals surface area (Å²) < 4.78 is 5.29. The molecule has 0 aromatic carbocycles. The topological polar surface area (TPSA) is 125 Å². The molecule has 0 unspecified atom stereocenters. The molecule has 146 valence electrons. The van der Waals surface area contributed by atoms with Crippen molar-refractivity contribution >= 4 is 29.5 Å². The molecule has 0 bridgehead atoms. The predicted molar refractivity (Wildman–Crippen MR) is 92.8 cm³/mol. The number of rotatable bonds is 12. The van der Waals surface area contributed by atoms with Gasteiger partial charge in [-0.05, 0) is 13.0 Å². The van der Waals surface area contributed by atoms with Crippen molar-refractivity contribution in [1.82, 2.24) is 20.4 Å². The van der Waals surface area contributed by atoms with Crippen LogP contribution in [-0.2, 0) is 28.7 Å². The molecule has 0 saturated heterocycles. The normalized spacial score (nSPS) is 16.1. The standard InChI is InChI=1S/C17H22N4O6/c22-13(6-9-20-14(23)2-3-15(20)24)19-8-1-7-18-12-27-11-10-21-16(25)4-5-17(21)26/h2-5,18H,1,6-12H2,(H,19,22). The minimum absolute atomic E-state index is 0.0680. The maximum Gasteiger partial charge on any atom is 0.253 e. The van der Waals surface area contributed by atoms with Gasteiger partial charge in [0.2, 0.25) is 5.91 Å². The summed E-state index contributed by atoms with van der Waals surface area (Å²) in [5, 5.41) is 5.72. The molecular formula is C17H22N4O6.